The maximum atomic E-state index is 12.1. The van der Waals surface area contributed by atoms with Gasteiger partial charge in [-0.15, -0.1) is 0 Å². The van der Waals surface area contributed by atoms with E-state index in [2.05, 4.69) is 34.6 Å². The number of rotatable bonds is 8. The lowest BCUT2D eigenvalue weighted by Gasteiger charge is -2.61. The zero-order valence-electron chi connectivity index (χ0n) is 23.0. The standard InChI is InChI=1S/C31H52O3/c1-20(2)8-7-9-21(3)26-12-13-27-25-11-10-23-19-24(34-29(33)18-22(4)32)14-16-30(23,5)28(25)15-17-31(26,27)6/h20-21,23-28H,7-19H2,1-6H3/t21-,23+,24+,25-,26+,27-,28-,30+,31-/m1/s1. The highest BCUT2D eigenvalue weighted by atomic mass is 16.5. The highest BCUT2D eigenvalue weighted by molar-refractivity contribution is 5.94. The van der Waals surface area contributed by atoms with Crippen LogP contribution in [-0.4, -0.2) is 17.9 Å². The average Bonchev–Trinajstić information content (AvgIpc) is 3.10. The number of carbonyl (C=O) groups excluding carboxylic acids is 2. The van der Waals surface area contributed by atoms with Crippen LogP contribution in [0, 0.1) is 52.3 Å². The molecule has 0 aromatic heterocycles. The lowest BCUT2D eigenvalue weighted by Crippen LogP contribution is -2.54. The molecular formula is C31H52O3. The molecule has 0 N–H and O–H groups in total. The fraction of sp³-hybridized carbons (Fsp3) is 0.935. The monoisotopic (exact) mass is 472 g/mol. The SMILES string of the molecule is CC(=O)CC(=O)O[C@H]1CC[C@@]2(C)[C@@H](CC[C@H]3[C@H]2CC[C@@]2(C)[C@@H]3CC[C@H]2[C@H](C)CCCC(C)C)C1. The summed E-state index contributed by atoms with van der Waals surface area (Å²) in [7, 11) is 0. The largest absolute Gasteiger partial charge is 0.462 e. The highest BCUT2D eigenvalue weighted by Gasteiger charge is 2.60. The Hall–Kier alpha value is -0.860. The third kappa shape index (κ3) is 5.01. The second kappa shape index (κ2) is 10.3. The minimum Gasteiger partial charge on any atom is -0.462 e. The average molecular weight is 473 g/mol. The molecule has 0 aliphatic heterocycles. The van der Waals surface area contributed by atoms with E-state index in [-0.39, 0.29) is 24.3 Å². The summed E-state index contributed by atoms with van der Waals surface area (Å²) >= 11 is 0. The topological polar surface area (TPSA) is 43.4 Å². The van der Waals surface area contributed by atoms with Crippen molar-refractivity contribution < 1.29 is 14.3 Å². The number of Topliss-reactive ketones (excluding diaryl/α,β-unsaturated/α-hetero) is 1. The Kier molecular flexibility index (Phi) is 7.90. The van der Waals surface area contributed by atoms with Gasteiger partial charge in [0.25, 0.3) is 0 Å². The van der Waals surface area contributed by atoms with Crippen LogP contribution in [0.3, 0.4) is 0 Å². The first-order chi connectivity index (χ1) is 16.0. The molecule has 0 spiro atoms. The van der Waals surface area contributed by atoms with E-state index in [0.29, 0.717) is 16.7 Å². The predicted octanol–water partition coefficient (Wildman–Crippen LogP) is 8.00. The van der Waals surface area contributed by atoms with Crippen LogP contribution >= 0.6 is 0 Å². The van der Waals surface area contributed by atoms with Crippen LogP contribution < -0.4 is 0 Å². The van der Waals surface area contributed by atoms with Gasteiger partial charge < -0.3 is 4.74 Å². The van der Waals surface area contributed by atoms with Crippen molar-refractivity contribution >= 4 is 11.8 Å². The van der Waals surface area contributed by atoms with Crippen LogP contribution in [0.1, 0.15) is 125 Å². The Labute approximate surface area is 209 Å². The third-order valence-corrected chi connectivity index (χ3v) is 11.5. The molecule has 0 amide bonds. The molecule has 4 aliphatic carbocycles. The molecule has 3 heteroatoms. The maximum absolute atomic E-state index is 12.1. The fourth-order valence-electron chi connectivity index (χ4n) is 9.78. The van der Waals surface area contributed by atoms with Gasteiger partial charge in [0.05, 0.1) is 0 Å². The molecule has 0 aromatic carbocycles. The van der Waals surface area contributed by atoms with Crippen molar-refractivity contribution in [2.45, 2.75) is 131 Å². The zero-order chi connectivity index (χ0) is 24.7. The van der Waals surface area contributed by atoms with E-state index in [1.165, 1.54) is 71.1 Å². The Bertz CT molecular complexity index is 743. The summed E-state index contributed by atoms with van der Waals surface area (Å²) in [5.41, 5.74) is 0.968. The second-order valence-corrected chi connectivity index (χ2v) is 14.0. The number of esters is 1. The molecule has 0 saturated heterocycles. The molecule has 4 fully saturated rings. The fourth-order valence-corrected chi connectivity index (χ4v) is 9.78. The summed E-state index contributed by atoms with van der Waals surface area (Å²) < 4.78 is 5.75. The van der Waals surface area contributed by atoms with Gasteiger partial charge in [0, 0.05) is 0 Å². The van der Waals surface area contributed by atoms with E-state index in [0.717, 1.165) is 48.3 Å². The lowest BCUT2D eigenvalue weighted by molar-refractivity contribution is -0.163. The van der Waals surface area contributed by atoms with E-state index in [1.54, 1.807) is 0 Å². The Morgan fingerprint density at radius 2 is 1.59 bits per heavy atom. The highest BCUT2D eigenvalue weighted by Crippen LogP contribution is 2.68. The molecule has 3 nitrogen and oxygen atoms in total. The summed E-state index contributed by atoms with van der Waals surface area (Å²) in [5, 5.41) is 0. The van der Waals surface area contributed by atoms with Crippen molar-refractivity contribution in [2.24, 2.45) is 52.3 Å². The van der Waals surface area contributed by atoms with Gasteiger partial charge in [-0.3, -0.25) is 9.59 Å². The van der Waals surface area contributed by atoms with Gasteiger partial charge in [-0.1, -0.05) is 53.9 Å². The molecule has 4 saturated carbocycles. The molecule has 0 radical (unpaired) electrons. The molecule has 0 unspecified atom stereocenters. The van der Waals surface area contributed by atoms with Gasteiger partial charge in [0.2, 0.25) is 0 Å². The summed E-state index contributed by atoms with van der Waals surface area (Å²) in [4.78, 5) is 23.4. The summed E-state index contributed by atoms with van der Waals surface area (Å²) in [6.07, 6.45) is 15.8. The first kappa shape index (κ1) is 26.2. The Morgan fingerprint density at radius 1 is 0.882 bits per heavy atom. The van der Waals surface area contributed by atoms with Crippen molar-refractivity contribution in [1.82, 2.24) is 0 Å². The van der Waals surface area contributed by atoms with Crippen molar-refractivity contribution in [3.8, 4) is 0 Å². The van der Waals surface area contributed by atoms with Gasteiger partial charge in [-0.2, -0.15) is 0 Å². The Balaban J connectivity index is 1.39. The molecule has 4 aliphatic rings. The summed E-state index contributed by atoms with van der Waals surface area (Å²) in [6, 6.07) is 0. The Morgan fingerprint density at radius 3 is 2.29 bits per heavy atom. The number of ether oxygens (including phenoxy) is 1. The van der Waals surface area contributed by atoms with E-state index in [9.17, 15) is 9.59 Å². The van der Waals surface area contributed by atoms with Crippen molar-refractivity contribution in [3.05, 3.63) is 0 Å². The van der Waals surface area contributed by atoms with Crippen LogP contribution in [-0.2, 0) is 14.3 Å². The predicted molar refractivity (Wildman–Crippen MR) is 138 cm³/mol. The minimum atomic E-state index is -0.317. The van der Waals surface area contributed by atoms with E-state index >= 15 is 0 Å². The van der Waals surface area contributed by atoms with Crippen LogP contribution in [0.2, 0.25) is 0 Å². The zero-order valence-corrected chi connectivity index (χ0v) is 23.0. The number of hydrogen-bond donors (Lipinski definition) is 0. The van der Waals surface area contributed by atoms with Crippen LogP contribution in [0.25, 0.3) is 0 Å². The third-order valence-electron chi connectivity index (χ3n) is 11.5. The number of fused-ring (bicyclic) bond motifs is 5. The minimum absolute atomic E-state index is 0.0258. The van der Waals surface area contributed by atoms with E-state index in [1.807, 2.05) is 0 Å². The van der Waals surface area contributed by atoms with Gasteiger partial charge in [-0.25, -0.2) is 0 Å². The van der Waals surface area contributed by atoms with Gasteiger partial charge in [0.1, 0.15) is 18.3 Å². The molecule has 194 valence electrons. The van der Waals surface area contributed by atoms with Crippen molar-refractivity contribution in [1.29, 1.82) is 0 Å². The normalized spacial score (nSPS) is 42.4. The van der Waals surface area contributed by atoms with E-state index in [4.69, 9.17) is 4.74 Å². The van der Waals surface area contributed by atoms with Crippen molar-refractivity contribution in [3.63, 3.8) is 0 Å². The van der Waals surface area contributed by atoms with E-state index < -0.39 is 0 Å². The van der Waals surface area contributed by atoms with Crippen molar-refractivity contribution in [2.75, 3.05) is 0 Å². The lowest BCUT2D eigenvalue weighted by atomic mass is 9.44. The molecule has 4 rings (SSSR count). The molecule has 0 aromatic rings. The number of ketones is 1. The first-order valence-electron chi connectivity index (χ1n) is 14.7. The molecule has 0 heterocycles. The molecule has 34 heavy (non-hydrogen) atoms. The quantitative estimate of drug-likeness (QED) is 0.265. The smallest absolute Gasteiger partial charge is 0.313 e. The molecular weight excluding hydrogens is 420 g/mol. The first-order valence-corrected chi connectivity index (χ1v) is 14.7. The molecule has 0 bridgehead atoms. The molecule has 9 atom stereocenters. The number of carbonyl (C=O) groups is 2. The number of hydrogen-bond acceptors (Lipinski definition) is 3. The van der Waals surface area contributed by atoms with Gasteiger partial charge >= 0.3 is 5.97 Å². The second-order valence-electron chi connectivity index (χ2n) is 14.0. The van der Waals surface area contributed by atoms with Gasteiger partial charge in [-0.05, 0) is 117 Å². The summed E-state index contributed by atoms with van der Waals surface area (Å²) in [5.74, 6) is 5.58. The van der Waals surface area contributed by atoms with Crippen LogP contribution in [0.5, 0.6) is 0 Å². The summed E-state index contributed by atoms with van der Waals surface area (Å²) in [6.45, 7) is 14.0. The van der Waals surface area contributed by atoms with Crippen LogP contribution in [0.15, 0.2) is 0 Å². The van der Waals surface area contributed by atoms with Crippen LogP contribution in [0.4, 0.5) is 0 Å². The maximum Gasteiger partial charge on any atom is 0.313 e. The van der Waals surface area contributed by atoms with Gasteiger partial charge in [0.15, 0.2) is 0 Å².